The monoisotopic (exact) mass is 390 g/mol. The molecule has 0 N–H and O–H groups in total. The summed E-state index contributed by atoms with van der Waals surface area (Å²) in [5, 5.41) is 0.721. The van der Waals surface area contributed by atoms with Crippen LogP contribution in [-0.2, 0) is 4.79 Å². The molecule has 6 heteroatoms. The van der Waals surface area contributed by atoms with E-state index in [9.17, 15) is 9.59 Å². The zero-order chi connectivity index (χ0) is 18.7. The van der Waals surface area contributed by atoms with Gasteiger partial charge >= 0.3 is 0 Å². The molecule has 1 aliphatic heterocycles. The summed E-state index contributed by atoms with van der Waals surface area (Å²) in [6.07, 6.45) is 0.564. The Balaban J connectivity index is 1.49. The summed E-state index contributed by atoms with van der Waals surface area (Å²) in [5.41, 5.74) is 1.86. The molecule has 2 aromatic rings. The molecule has 1 amide bonds. The molecular formula is C20H23ClN2O2S. The SMILES string of the molecule is Cc1cc(C(=O)CCC(=O)N2CCN(c3cccc(Cl)c3)CC2)c(C)s1. The van der Waals surface area contributed by atoms with E-state index in [0.29, 0.717) is 13.1 Å². The molecule has 3 rings (SSSR count). The van der Waals surface area contributed by atoms with Gasteiger partial charge in [0, 0.05) is 65.0 Å². The van der Waals surface area contributed by atoms with Crippen molar-refractivity contribution in [3.8, 4) is 0 Å². The quantitative estimate of drug-likeness (QED) is 0.713. The number of hydrogen-bond acceptors (Lipinski definition) is 4. The Kier molecular flexibility index (Phi) is 5.99. The summed E-state index contributed by atoms with van der Waals surface area (Å²) in [4.78, 5) is 31.1. The first kappa shape index (κ1) is 18.9. The highest BCUT2D eigenvalue weighted by atomic mass is 35.5. The fourth-order valence-corrected chi connectivity index (χ4v) is 4.43. The van der Waals surface area contributed by atoms with E-state index in [1.165, 1.54) is 0 Å². The highest BCUT2D eigenvalue weighted by molar-refractivity contribution is 7.12. The highest BCUT2D eigenvalue weighted by Crippen LogP contribution is 2.23. The second-order valence-electron chi connectivity index (χ2n) is 6.60. The first-order valence-corrected chi connectivity index (χ1v) is 10.0. The number of rotatable bonds is 5. The number of thiophene rings is 1. The van der Waals surface area contributed by atoms with E-state index in [1.54, 1.807) is 11.3 Å². The van der Waals surface area contributed by atoms with Crippen molar-refractivity contribution >= 4 is 40.3 Å². The van der Waals surface area contributed by atoms with Crippen LogP contribution >= 0.6 is 22.9 Å². The Morgan fingerprint density at radius 2 is 1.81 bits per heavy atom. The van der Waals surface area contributed by atoms with Crippen LogP contribution in [0.1, 0.15) is 33.0 Å². The number of anilines is 1. The third kappa shape index (κ3) is 4.46. The number of carbonyl (C=O) groups is 2. The number of hydrogen-bond donors (Lipinski definition) is 0. The van der Waals surface area contributed by atoms with E-state index in [0.717, 1.165) is 39.1 Å². The number of Topliss-reactive ketones (excluding diaryl/α,β-unsaturated/α-hetero) is 1. The van der Waals surface area contributed by atoms with Gasteiger partial charge in [0.15, 0.2) is 5.78 Å². The Morgan fingerprint density at radius 3 is 2.42 bits per heavy atom. The lowest BCUT2D eigenvalue weighted by Gasteiger charge is -2.36. The number of nitrogens with zero attached hydrogens (tertiary/aromatic N) is 2. The predicted molar refractivity (Wildman–Crippen MR) is 108 cm³/mol. The summed E-state index contributed by atoms with van der Waals surface area (Å²) in [7, 11) is 0. The summed E-state index contributed by atoms with van der Waals surface area (Å²) >= 11 is 7.68. The fourth-order valence-electron chi connectivity index (χ4n) is 3.31. The van der Waals surface area contributed by atoms with Crippen molar-refractivity contribution in [2.75, 3.05) is 31.1 Å². The average molecular weight is 391 g/mol. The molecule has 0 unspecified atom stereocenters. The summed E-state index contributed by atoms with van der Waals surface area (Å²) in [5.74, 6) is 0.131. The number of carbonyl (C=O) groups excluding carboxylic acids is 2. The molecule has 1 aliphatic rings. The Labute approximate surface area is 163 Å². The number of amides is 1. The molecule has 0 radical (unpaired) electrons. The number of ketones is 1. The van der Waals surface area contributed by atoms with Gasteiger partial charge in [0.05, 0.1) is 0 Å². The van der Waals surface area contributed by atoms with Gasteiger partial charge in [-0.2, -0.15) is 0 Å². The zero-order valence-corrected chi connectivity index (χ0v) is 16.7. The van der Waals surface area contributed by atoms with Crippen LogP contribution in [0, 0.1) is 13.8 Å². The molecule has 1 aromatic heterocycles. The molecule has 26 heavy (non-hydrogen) atoms. The summed E-state index contributed by atoms with van der Waals surface area (Å²) in [6, 6.07) is 9.71. The van der Waals surface area contributed by atoms with Crippen molar-refractivity contribution in [1.29, 1.82) is 0 Å². The van der Waals surface area contributed by atoms with Gasteiger partial charge in [-0.1, -0.05) is 17.7 Å². The topological polar surface area (TPSA) is 40.6 Å². The number of aryl methyl sites for hydroxylation is 2. The smallest absolute Gasteiger partial charge is 0.223 e. The highest BCUT2D eigenvalue weighted by Gasteiger charge is 2.22. The van der Waals surface area contributed by atoms with Gasteiger partial charge < -0.3 is 9.80 Å². The normalized spacial score (nSPS) is 14.6. The molecule has 1 saturated heterocycles. The first-order chi connectivity index (χ1) is 12.4. The van der Waals surface area contributed by atoms with E-state index < -0.39 is 0 Å². The van der Waals surface area contributed by atoms with E-state index in [2.05, 4.69) is 4.90 Å². The molecule has 4 nitrogen and oxygen atoms in total. The maximum atomic E-state index is 12.5. The summed E-state index contributed by atoms with van der Waals surface area (Å²) < 4.78 is 0. The van der Waals surface area contributed by atoms with Gasteiger partial charge in [0.1, 0.15) is 0 Å². The Hall–Kier alpha value is -1.85. The first-order valence-electron chi connectivity index (χ1n) is 8.82. The average Bonchev–Trinajstić information content (AvgIpc) is 2.98. The van der Waals surface area contributed by atoms with E-state index in [-0.39, 0.29) is 24.5 Å². The number of piperazine rings is 1. The van der Waals surface area contributed by atoms with Gasteiger partial charge in [0.25, 0.3) is 0 Å². The van der Waals surface area contributed by atoms with Gasteiger partial charge in [-0.3, -0.25) is 9.59 Å². The third-order valence-corrected chi connectivity index (χ3v) is 5.91. The van der Waals surface area contributed by atoms with E-state index in [4.69, 9.17) is 11.6 Å². The van der Waals surface area contributed by atoms with Crippen LogP contribution in [0.4, 0.5) is 5.69 Å². The molecule has 0 bridgehead atoms. The van der Waals surface area contributed by atoms with Gasteiger partial charge in [-0.15, -0.1) is 11.3 Å². The van der Waals surface area contributed by atoms with Crippen molar-refractivity contribution in [2.24, 2.45) is 0 Å². The van der Waals surface area contributed by atoms with Crippen molar-refractivity contribution in [2.45, 2.75) is 26.7 Å². The van der Waals surface area contributed by atoms with E-state index in [1.807, 2.05) is 49.1 Å². The molecule has 138 valence electrons. The van der Waals surface area contributed by atoms with Crippen molar-refractivity contribution < 1.29 is 9.59 Å². The van der Waals surface area contributed by atoms with Crippen LogP contribution in [0.3, 0.4) is 0 Å². The lowest BCUT2D eigenvalue weighted by atomic mass is 10.1. The van der Waals surface area contributed by atoms with Crippen LogP contribution < -0.4 is 4.90 Å². The van der Waals surface area contributed by atoms with Crippen molar-refractivity contribution in [1.82, 2.24) is 4.90 Å². The second-order valence-corrected chi connectivity index (χ2v) is 8.49. The predicted octanol–water partition coefficient (Wildman–Crippen LogP) is 4.33. The Morgan fingerprint density at radius 1 is 1.08 bits per heavy atom. The van der Waals surface area contributed by atoms with E-state index >= 15 is 0 Å². The van der Waals surface area contributed by atoms with Gasteiger partial charge in [0.2, 0.25) is 5.91 Å². The molecule has 0 aliphatic carbocycles. The zero-order valence-electron chi connectivity index (χ0n) is 15.1. The molecule has 0 saturated carbocycles. The molecular weight excluding hydrogens is 368 g/mol. The fraction of sp³-hybridized carbons (Fsp3) is 0.400. The van der Waals surface area contributed by atoms with Gasteiger partial charge in [-0.05, 0) is 38.1 Å². The largest absolute Gasteiger partial charge is 0.368 e. The van der Waals surface area contributed by atoms with Crippen LogP contribution in [0.25, 0.3) is 0 Å². The minimum Gasteiger partial charge on any atom is -0.368 e. The van der Waals surface area contributed by atoms with Crippen LogP contribution in [-0.4, -0.2) is 42.8 Å². The number of halogens is 1. The van der Waals surface area contributed by atoms with Gasteiger partial charge in [-0.25, -0.2) is 0 Å². The van der Waals surface area contributed by atoms with Crippen molar-refractivity contribution in [3.05, 3.63) is 50.7 Å². The van der Waals surface area contributed by atoms with Crippen molar-refractivity contribution in [3.63, 3.8) is 0 Å². The molecule has 1 aromatic carbocycles. The minimum absolute atomic E-state index is 0.0636. The maximum Gasteiger partial charge on any atom is 0.223 e. The molecule has 0 spiro atoms. The second kappa shape index (κ2) is 8.23. The molecule has 2 heterocycles. The maximum absolute atomic E-state index is 12.5. The third-order valence-electron chi connectivity index (χ3n) is 4.71. The number of benzene rings is 1. The van der Waals surface area contributed by atoms with Crippen LogP contribution in [0.15, 0.2) is 30.3 Å². The standard InChI is InChI=1S/C20H23ClN2O2S/c1-14-12-18(15(2)26-14)19(24)6-7-20(25)23-10-8-22(9-11-23)17-5-3-4-16(21)13-17/h3-5,12-13H,6-11H2,1-2H3. The summed E-state index contributed by atoms with van der Waals surface area (Å²) in [6.45, 7) is 6.87. The minimum atomic E-state index is 0.0636. The molecule has 0 atom stereocenters. The lowest BCUT2D eigenvalue weighted by molar-refractivity contribution is -0.131. The Bertz CT molecular complexity index is 810. The van der Waals surface area contributed by atoms with Crippen LogP contribution in [0.5, 0.6) is 0 Å². The molecule has 1 fully saturated rings. The van der Waals surface area contributed by atoms with Crippen LogP contribution in [0.2, 0.25) is 5.02 Å². The lowest BCUT2D eigenvalue weighted by Crippen LogP contribution is -2.48.